The van der Waals surface area contributed by atoms with Crippen molar-refractivity contribution in [3.05, 3.63) is 35.9 Å². The standard InChI is InChI=1S/C11H20OSi2/c1-14(2)12-13-10-6-9-11-7-4-3-5-8-11/h3-5,7-8,14H,6,9-10,13H2,1-2H3. The van der Waals surface area contributed by atoms with Crippen LogP contribution in [0.3, 0.4) is 0 Å². The van der Waals surface area contributed by atoms with Gasteiger partial charge in [-0.05, 0) is 31.1 Å². The third kappa shape index (κ3) is 5.37. The van der Waals surface area contributed by atoms with E-state index in [9.17, 15) is 0 Å². The van der Waals surface area contributed by atoms with Crippen molar-refractivity contribution in [3.63, 3.8) is 0 Å². The van der Waals surface area contributed by atoms with Gasteiger partial charge in [0.25, 0.3) is 0 Å². The summed E-state index contributed by atoms with van der Waals surface area (Å²) in [5.41, 5.74) is 1.46. The highest BCUT2D eigenvalue weighted by Gasteiger charge is 1.96. The molecule has 0 saturated carbocycles. The van der Waals surface area contributed by atoms with Gasteiger partial charge in [0, 0.05) is 0 Å². The van der Waals surface area contributed by atoms with E-state index in [0.717, 1.165) is 0 Å². The first-order valence-electron chi connectivity index (χ1n) is 5.44. The van der Waals surface area contributed by atoms with Gasteiger partial charge in [-0.15, -0.1) is 0 Å². The van der Waals surface area contributed by atoms with E-state index in [0.29, 0.717) is 0 Å². The van der Waals surface area contributed by atoms with Gasteiger partial charge in [-0.25, -0.2) is 0 Å². The Hall–Kier alpha value is -0.386. The summed E-state index contributed by atoms with van der Waals surface area (Å²) < 4.78 is 5.76. The quantitative estimate of drug-likeness (QED) is 0.531. The minimum atomic E-state index is -0.725. The van der Waals surface area contributed by atoms with Crippen molar-refractivity contribution in [2.75, 3.05) is 0 Å². The van der Waals surface area contributed by atoms with Crippen molar-refractivity contribution in [1.29, 1.82) is 0 Å². The van der Waals surface area contributed by atoms with Crippen LogP contribution in [0.5, 0.6) is 0 Å². The molecule has 0 aliphatic carbocycles. The molecule has 78 valence electrons. The maximum atomic E-state index is 5.76. The fraction of sp³-hybridized carbons (Fsp3) is 0.455. The smallest absolute Gasteiger partial charge is 0.156 e. The minimum Gasteiger partial charge on any atom is -0.463 e. The Morgan fingerprint density at radius 3 is 2.57 bits per heavy atom. The average Bonchev–Trinajstić information content (AvgIpc) is 2.18. The Balaban J connectivity index is 2.05. The van der Waals surface area contributed by atoms with Gasteiger partial charge in [0.15, 0.2) is 9.04 Å². The number of rotatable bonds is 6. The Morgan fingerprint density at radius 1 is 1.21 bits per heavy atom. The number of hydrogen-bond acceptors (Lipinski definition) is 1. The topological polar surface area (TPSA) is 9.23 Å². The Labute approximate surface area is 91.2 Å². The first-order chi connectivity index (χ1) is 6.79. The molecule has 0 N–H and O–H groups in total. The minimum absolute atomic E-state index is 0.190. The Kier molecular flexibility index (Phi) is 5.83. The molecule has 0 amide bonds. The normalized spacial score (nSPS) is 11.6. The van der Waals surface area contributed by atoms with E-state index in [1.54, 1.807) is 0 Å². The van der Waals surface area contributed by atoms with Gasteiger partial charge >= 0.3 is 0 Å². The van der Waals surface area contributed by atoms with Crippen LogP contribution in [0, 0.1) is 0 Å². The van der Waals surface area contributed by atoms with Crippen LogP contribution in [-0.4, -0.2) is 18.8 Å². The molecule has 0 atom stereocenters. The van der Waals surface area contributed by atoms with Crippen LogP contribution in [0.4, 0.5) is 0 Å². The largest absolute Gasteiger partial charge is 0.463 e. The summed E-state index contributed by atoms with van der Waals surface area (Å²) in [5, 5.41) is 0. The summed E-state index contributed by atoms with van der Waals surface area (Å²) in [4.78, 5) is 0. The fourth-order valence-corrected chi connectivity index (χ4v) is 4.40. The summed E-state index contributed by atoms with van der Waals surface area (Å²) in [5.74, 6) is 0. The molecule has 0 aliphatic heterocycles. The van der Waals surface area contributed by atoms with Crippen LogP contribution in [-0.2, 0) is 10.5 Å². The molecule has 1 rings (SSSR count). The third-order valence-electron chi connectivity index (χ3n) is 2.15. The van der Waals surface area contributed by atoms with Crippen LogP contribution in [0.25, 0.3) is 0 Å². The van der Waals surface area contributed by atoms with E-state index < -0.39 is 9.04 Å². The lowest BCUT2D eigenvalue weighted by Crippen LogP contribution is -2.11. The average molecular weight is 224 g/mol. The molecule has 0 radical (unpaired) electrons. The molecule has 3 heteroatoms. The van der Waals surface area contributed by atoms with Crippen molar-refractivity contribution in [1.82, 2.24) is 0 Å². The summed E-state index contributed by atoms with van der Waals surface area (Å²) >= 11 is 0. The van der Waals surface area contributed by atoms with Gasteiger partial charge in [-0.3, -0.25) is 0 Å². The molecule has 0 aliphatic rings. The molecule has 1 aromatic rings. The van der Waals surface area contributed by atoms with Gasteiger partial charge in [0.2, 0.25) is 0 Å². The van der Waals surface area contributed by atoms with E-state index in [4.69, 9.17) is 4.12 Å². The lowest BCUT2D eigenvalue weighted by molar-refractivity contribution is 0.616. The molecule has 0 fully saturated rings. The second kappa shape index (κ2) is 6.98. The van der Waals surface area contributed by atoms with Crippen molar-refractivity contribution < 1.29 is 4.12 Å². The number of benzene rings is 1. The number of aryl methyl sites for hydroxylation is 1. The van der Waals surface area contributed by atoms with Gasteiger partial charge in [-0.1, -0.05) is 36.8 Å². The van der Waals surface area contributed by atoms with Crippen LogP contribution in [0.1, 0.15) is 12.0 Å². The monoisotopic (exact) mass is 224 g/mol. The molecular formula is C11H20OSi2. The molecule has 0 heterocycles. The summed E-state index contributed by atoms with van der Waals surface area (Å²) in [6.45, 7) is 4.51. The van der Waals surface area contributed by atoms with Crippen LogP contribution >= 0.6 is 0 Å². The van der Waals surface area contributed by atoms with Gasteiger partial charge in [0.1, 0.15) is 9.76 Å². The maximum absolute atomic E-state index is 5.76. The Morgan fingerprint density at radius 2 is 1.93 bits per heavy atom. The molecule has 0 saturated heterocycles. The first kappa shape index (κ1) is 11.7. The van der Waals surface area contributed by atoms with Crippen LogP contribution in [0.15, 0.2) is 30.3 Å². The number of hydrogen-bond donors (Lipinski definition) is 0. The highest BCUT2D eigenvalue weighted by molar-refractivity contribution is 6.56. The first-order valence-corrected chi connectivity index (χ1v) is 9.80. The van der Waals surface area contributed by atoms with E-state index >= 15 is 0 Å². The highest BCUT2D eigenvalue weighted by Crippen LogP contribution is 2.04. The predicted molar refractivity (Wildman–Crippen MR) is 68.1 cm³/mol. The summed E-state index contributed by atoms with van der Waals surface area (Å²) in [7, 11) is -0.916. The van der Waals surface area contributed by atoms with E-state index in [1.807, 2.05) is 0 Å². The predicted octanol–water partition coefficient (Wildman–Crippen LogP) is 2.12. The van der Waals surface area contributed by atoms with Crippen molar-refractivity contribution in [2.45, 2.75) is 32.0 Å². The highest BCUT2D eigenvalue weighted by atomic mass is 28.3. The maximum Gasteiger partial charge on any atom is 0.156 e. The molecule has 1 nitrogen and oxygen atoms in total. The third-order valence-corrected chi connectivity index (χ3v) is 6.55. The molecule has 0 unspecified atom stereocenters. The lowest BCUT2D eigenvalue weighted by atomic mass is 10.1. The molecule has 0 spiro atoms. The summed E-state index contributed by atoms with van der Waals surface area (Å²) in [6.07, 6.45) is 2.52. The second-order valence-corrected chi connectivity index (χ2v) is 8.41. The van der Waals surface area contributed by atoms with E-state index in [-0.39, 0.29) is 9.76 Å². The zero-order valence-corrected chi connectivity index (χ0v) is 11.8. The van der Waals surface area contributed by atoms with Gasteiger partial charge in [0.05, 0.1) is 0 Å². The van der Waals surface area contributed by atoms with Crippen molar-refractivity contribution >= 4 is 18.8 Å². The van der Waals surface area contributed by atoms with Crippen LogP contribution < -0.4 is 0 Å². The van der Waals surface area contributed by atoms with Gasteiger partial charge in [-0.2, -0.15) is 0 Å². The molecule has 0 bridgehead atoms. The van der Waals surface area contributed by atoms with Crippen molar-refractivity contribution in [3.8, 4) is 0 Å². The van der Waals surface area contributed by atoms with Gasteiger partial charge < -0.3 is 4.12 Å². The van der Waals surface area contributed by atoms with Crippen molar-refractivity contribution in [2.24, 2.45) is 0 Å². The zero-order valence-electron chi connectivity index (χ0n) is 9.20. The molecule has 0 aromatic heterocycles. The molecular weight excluding hydrogens is 204 g/mol. The lowest BCUT2D eigenvalue weighted by Gasteiger charge is -2.05. The van der Waals surface area contributed by atoms with Crippen LogP contribution in [0.2, 0.25) is 19.1 Å². The second-order valence-electron chi connectivity index (χ2n) is 3.86. The zero-order chi connectivity index (χ0) is 10.2. The van der Waals surface area contributed by atoms with E-state index in [2.05, 4.69) is 43.4 Å². The summed E-state index contributed by atoms with van der Waals surface area (Å²) in [6, 6.07) is 12.1. The SMILES string of the molecule is C[SiH](C)O[SiH2]CCCc1ccccc1. The molecule has 14 heavy (non-hydrogen) atoms. The van der Waals surface area contributed by atoms with E-state index in [1.165, 1.54) is 24.4 Å². The fourth-order valence-electron chi connectivity index (χ4n) is 1.39. The molecule has 1 aromatic carbocycles. The Bertz CT molecular complexity index is 236.